The molecule has 6 heteroatoms. The molecule has 2 fully saturated rings. The van der Waals surface area contributed by atoms with E-state index in [-0.39, 0.29) is 11.8 Å². The van der Waals surface area contributed by atoms with Crippen molar-refractivity contribution in [2.75, 3.05) is 23.8 Å². The largest absolute Gasteiger partial charge is 0.399 e. The second-order valence-corrected chi connectivity index (χ2v) is 8.85. The number of nitrogens with zero attached hydrogens (tertiary/aromatic N) is 1. The zero-order valence-electron chi connectivity index (χ0n) is 11.4. The Labute approximate surface area is 124 Å². The van der Waals surface area contributed by atoms with Crippen LogP contribution in [0.1, 0.15) is 19.3 Å². The monoisotopic (exact) mass is 312 g/mol. The average molecular weight is 312 g/mol. The fourth-order valence-electron chi connectivity index (χ4n) is 3.21. The highest BCUT2D eigenvalue weighted by Crippen LogP contribution is 2.39. The summed E-state index contributed by atoms with van der Waals surface area (Å²) in [4.78, 5) is 1.03. The van der Waals surface area contributed by atoms with Crippen LogP contribution in [-0.2, 0) is 10.0 Å². The van der Waals surface area contributed by atoms with E-state index in [1.54, 1.807) is 16.1 Å². The highest BCUT2D eigenvalue weighted by Gasteiger charge is 2.43. The Morgan fingerprint density at radius 2 is 2.20 bits per heavy atom. The van der Waals surface area contributed by atoms with Gasteiger partial charge in [-0.1, -0.05) is 6.07 Å². The summed E-state index contributed by atoms with van der Waals surface area (Å²) < 4.78 is 26.5. The molecule has 0 aromatic heterocycles. The molecule has 110 valence electrons. The van der Waals surface area contributed by atoms with Crippen molar-refractivity contribution in [2.45, 2.75) is 30.2 Å². The summed E-state index contributed by atoms with van der Waals surface area (Å²) >= 11 is 1.55. The summed E-state index contributed by atoms with van der Waals surface area (Å²) in [5.74, 6) is 1.41. The van der Waals surface area contributed by atoms with E-state index in [1.807, 2.05) is 24.3 Å². The first-order valence-electron chi connectivity index (χ1n) is 7.02. The third-order valence-corrected chi connectivity index (χ3v) is 7.32. The van der Waals surface area contributed by atoms with Gasteiger partial charge in [-0.3, -0.25) is 0 Å². The summed E-state index contributed by atoms with van der Waals surface area (Å²) in [7, 11) is -3.09. The molecule has 1 saturated heterocycles. The Morgan fingerprint density at radius 1 is 1.35 bits per heavy atom. The lowest BCUT2D eigenvalue weighted by atomic mass is 10.1. The van der Waals surface area contributed by atoms with Gasteiger partial charge >= 0.3 is 0 Å². The van der Waals surface area contributed by atoms with Gasteiger partial charge in [0.15, 0.2) is 0 Å². The van der Waals surface area contributed by atoms with Crippen LogP contribution in [0, 0.1) is 5.92 Å². The van der Waals surface area contributed by atoms with Gasteiger partial charge < -0.3 is 5.73 Å². The second kappa shape index (κ2) is 5.58. The van der Waals surface area contributed by atoms with Crippen molar-refractivity contribution in [3.05, 3.63) is 24.3 Å². The van der Waals surface area contributed by atoms with Crippen LogP contribution in [-0.4, -0.2) is 36.8 Å². The molecule has 0 spiro atoms. The van der Waals surface area contributed by atoms with Gasteiger partial charge in [0, 0.05) is 28.9 Å². The molecule has 2 aliphatic rings. The predicted molar refractivity (Wildman–Crippen MR) is 83.2 cm³/mol. The van der Waals surface area contributed by atoms with E-state index < -0.39 is 10.0 Å². The lowest BCUT2D eigenvalue weighted by Gasteiger charge is -2.26. The van der Waals surface area contributed by atoms with Crippen molar-refractivity contribution in [3.63, 3.8) is 0 Å². The van der Waals surface area contributed by atoms with Gasteiger partial charge in [0.05, 0.1) is 5.75 Å². The molecule has 0 amide bonds. The van der Waals surface area contributed by atoms with Crippen molar-refractivity contribution in [1.82, 2.24) is 4.31 Å². The topological polar surface area (TPSA) is 63.4 Å². The number of hydrogen-bond acceptors (Lipinski definition) is 4. The number of nitrogens with two attached hydrogens (primary N) is 1. The first kappa shape index (κ1) is 14.2. The molecule has 2 N–H and O–H groups in total. The highest BCUT2D eigenvalue weighted by atomic mass is 32.2. The smallest absolute Gasteiger partial charge is 0.215 e. The fourth-order valence-corrected chi connectivity index (χ4v) is 6.33. The Hall–Kier alpha value is -0.720. The molecule has 1 aliphatic heterocycles. The normalized spacial score (nSPS) is 26.2. The van der Waals surface area contributed by atoms with Crippen LogP contribution < -0.4 is 5.73 Å². The minimum Gasteiger partial charge on any atom is -0.399 e. The van der Waals surface area contributed by atoms with Crippen molar-refractivity contribution in [2.24, 2.45) is 5.92 Å². The SMILES string of the molecule is Nc1cccc(SCCS(=O)(=O)N2CC3CCC2C3)c1. The Balaban J connectivity index is 1.55. The standard InChI is InChI=1S/C14H20N2O2S2/c15-12-2-1-3-14(9-12)19-6-7-20(17,18)16-10-11-4-5-13(16)8-11/h1-3,9,11,13H,4-8,10,15H2. The lowest BCUT2D eigenvalue weighted by molar-refractivity contribution is 0.334. The number of fused-ring (bicyclic) bond motifs is 2. The molecular weight excluding hydrogens is 292 g/mol. The van der Waals surface area contributed by atoms with E-state index in [4.69, 9.17) is 5.73 Å². The number of piperidine rings is 1. The number of sulfonamides is 1. The molecule has 3 rings (SSSR count). The van der Waals surface area contributed by atoms with Crippen LogP contribution in [0.2, 0.25) is 0 Å². The number of nitrogen functional groups attached to an aromatic ring is 1. The minimum atomic E-state index is -3.09. The van der Waals surface area contributed by atoms with E-state index in [2.05, 4.69) is 0 Å². The highest BCUT2D eigenvalue weighted by molar-refractivity contribution is 8.00. The maximum atomic E-state index is 12.4. The quantitative estimate of drug-likeness (QED) is 0.668. The van der Waals surface area contributed by atoms with Crippen LogP contribution in [0.15, 0.2) is 29.2 Å². The molecule has 1 saturated carbocycles. The van der Waals surface area contributed by atoms with Crippen LogP contribution in [0.4, 0.5) is 5.69 Å². The summed E-state index contributed by atoms with van der Waals surface area (Å²) in [6.07, 6.45) is 3.32. The predicted octanol–water partition coefficient (Wildman–Crippen LogP) is 2.17. The summed E-state index contributed by atoms with van der Waals surface area (Å²) in [6.45, 7) is 0.746. The third-order valence-electron chi connectivity index (χ3n) is 4.18. The Bertz CT molecular complexity index is 589. The van der Waals surface area contributed by atoms with Gasteiger partial charge in [0.1, 0.15) is 0 Å². The van der Waals surface area contributed by atoms with Crippen molar-refractivity contribution >= 4 is 27.5 Å². The number of hydrogen-bond donors (Lipinski definition) is 1. The number of anilines is 1. The Morgan fingerprint density at radius 3 is 2.85 bits per heavy atom. The van der Waals surface area contributed by atoms with E-state index >= 15 is 0 Å². The molecule has 1 aliphatic carbocycles. The van der Waals surface area contributed by atoms with Crippen LogP contribution in [0.3, 0.4) is 0 Å². The van der Waals surface area contributed by atoms with Crippen molar-refractivity contribution in [1.29, 1.82) is 0 Å². The summed E-state index contributed by atoms with van der Waals surface area (Å²) in [5, 5.41) is 0. The Kier molecular flexibility index (Phi) is 3.97. The molecule has 20 heavy (non-hydrogen) atoms. The number of thioether (sulfide) groups is 1. The van der Waals surface area contributed by atoms with Gasteiger partial charge in [-0.15, -0.1) is 11.8 Å². The zero-order valence-corrected chi connectivity index (χ0v) is 13.0. The van der Waals surface area contributed by atoms with E-state index in [0.717, 1.165) is 30.0 Å². The molecule has 2 unspecified atom stereocenters. The number of benzene rings is 1. The van der Waals surface area contributed by atoms with Crippen LogP contribution in [0.25, 0.3) is 0 Å². The lowest BCUT2D eigenvalue weighted by Crippen LogP contribution is -2.39. The summed E-state index contributed by atoms with van der Waals surface area (Å²) in [6, 6.07) is 7.86. The summed E-state index contributed by atoms with van der Waals surface area (Å²) in [5.41, 5.74) is 6.43. The van der Waals surface area contributed by atoms with Crippen molar-refractivity contribution < 1.29 is 8.42 Å². The maximum Gasteiger partial charge on any atom is 0.215 e. The van der Waals surface area contributed by atoms with E-state index in [0.29, 0.717) is 11.7 Å². The molecular formula is C14H20N2O2S2. The number of rotatable bonds is 5. The maximum absolute atomic E-state index is 12.4. The molecule has 1 aromatic rings. The minimum absolute atomic E-state index is 0.218. The van der Waals surface area contributed by atoms with Gasteiger partial charge in [-0.05, 0) is 43.4 Å². The fraction of sp³-hybridized carbons (Fsp3) is 0.571. The molecule has 2 bridgehead atoms. The van der Waals surface area contributed by atoms with Gasteiger partial charge in [0.2, 0.25) is 10.0 Å². The molecule has 4 nitrogen and oxygen atoms in total. The van der Waals surface area contributed by atoms with E-state index in [9.17, 15) is 8.42 Å². The molecule has 2 atom stereocenters. The second-order valence-electron chi connectivity index (χ2n) is 5.64. The molecule has 1 aromatic carbocycles. The molecule has 0 radical (unpaired) electrons. The zero-order chi connectivity index (χ0) is 14.2. The molecule has 1 heterocycles. The first-order chi connectivity index (χ1) is 9.54. The van der Waals surface area contributed by atoms with Crippen LogP contribution in [0.5, 0.6) is 0 Å². The van der Waals surface area contributed by atoms with Gasteiger partial charge in [-0.2, -0.15) is 4.31 Å². The average Bonchev–Trinajstić information content (AvgIpc) is 3.01. The van der Waals surface area contributed by atoms with Gasteiger partial charge in [-0.25, -0.2) is 8.42 Å². The van der Waals surface area contributed by atoms with E-state index in [1.165, 1.54) is 6.42 Å². The van der Waals surface area contributed by atoms with Crippen molar-refractivity contribution in [3.8, 4) is 0 Å². The van der Waals surface area contributed by atoms with Crippen LogP contribution >= 0.6 is 11.8 Å². The first-order valence-corrected chi connectivity index (χ1v) is 9.62. The van der Waals surface area contributed by atoms with Gasteiger partial charge in [0.25, 0.3) is 0 Å². The third kappa shape index (κ3) is 2.97.